The summed E-state index contributed by atoms with van der Waals surface area (Å²) < 4.78 is 20.1. The molecule has 48 heavy (non-hydrogen) atoms. The number of thioether (sulfide) groups is 1. The van der Waals surface area contributed by atoms with Gasteiger partial charge in [-0.3, -0.25) is 4.98 Å². The molecule has 0 saturated carbocycles. The lowest BCUT2D eigenvalue weighted by Gasteiger charge is -2.22. The van der Waals surface area contributed by atoms with Crippen LogP contribution in [0.15, 0.2) is 114 Å². The van der Waals surface area contributed by atoms with E-state index in [1.165, 1.54) is 28.6 Å². The molecule has 0 spiro atoms. The molecule has 242 valence electrons. The first-order valence-corrected chi connectivity index (χ1v) is 17.3. The summed E-state index contributed by atoms with van der Waals surface area (Å²) in [6.07, 6.45) is 3.46. The second kappa shape index (κ2) is 14.2. The van der Waals surface area contributed by atoms with Crippen molar-refractivity contribution in [3.63, 3.8) is 0 Å². The zero-order valence-corrected chi connectivity index (χ0v) is 28.4. The summed E-state index contributed by atoms with van der Waals surface area (Å²) in [6, 6.07) is 33.9. The van der Waals surface area contributed by atoms with Crippen LogP contribution in [-0.4, -0.2) is 34.5 Å². The van der Waals surface area contributed by atoms with Crippen LogP contribution in [0.25, 0.3) is 22.0 Å². The number of hydrogen-bond acceptors (Lipinski definition) is 6. The van der Waals surface area contributed by atoms with E-state index in [1.54, 1.807) is 6.07 Å². The summed E-state index contributed by atoms with van der Waals surface area (Å²) in [4.78, 5) is 18.3. The molecule has 0 fully saturated rings. The lowest BCUT2D eigenvalue weighted by Crippen LogP contribution is -2.12. The number of nitrogens with zero attached hydrogens (tertiary/aromatic N) is 2. The Bertz CT molecular complexity index is 2060. The van der Waals surface area contributed by atoms with Gasteiger partial charge in [0.15, 0.2) is 0 Å². The van der Waals surface area contributed by atoms with Gasteiger partial charge in [0.2, 0.25) is 0 Å². The van der Waals surface area contributed by atoms with Crippen LogP contribution in [0.1, 0.15) is 39.8 Å². The smallest absolute Gasteiger partial charge is 0.341 e. The van der Waals surface area contributed by atoms with E-state index >= 15 is 0 Å². The van der Waals surface area contributed by atoms with Gasteiger partial charge in [-0.2, -0.15) is 0 Å². The van der Waals surface area contributed by atoms with E-state index in [0.29, 0.717) is 47.8 Å². The average molecular weight is 675 g/mol. The number of benzene rings is 4. The third-order valence-electron chi connectivity index (χ3n) is 8.61. The van der Waals surface area contributed by atoms with Crippen molar-refractivity contribution in [1.82, 2.24) is 9.55 Å². The molecule has 0 aliphatic carbocycles. The second-order valence-corrected chi connectivity index (χ2v) is 13.7. The molecule has 6 aromatic rings. The molecular weight excluding hydrogens is 640 g/mol. The zero-order chi connectivity index (χ0) is 33.0. The molecule has 7 rings (SSSR count). The van der Waals surface area contributed by atoms with E-state index in [9.17, 15) is 4.79 Å². The molecule has 0 N–H and O–H groups in total. The molecule has 8 heteroatoms. The maximum absolute atomic E-state index is 12.4. The fourth-order valence-corrected chi connectivity index (χ4v) is 7.77. The van der Waals surface area contributed by atoms with E-state index in [2.05, 4.69) is 54.0 Å². The Morgan fingerprint density at radius 3 is 2.46 bits per heavy atom. The largest absolute Gasteiger partial charge is 0.492 e. The van der Waals surface area contributed by atoms with Gasteiger partial charge >= 0.3 is 5.97 Å². The van der Waals surface area contributed by atoms with E-state index in [1.807, 2.05) is 72.6 Å². The maximum atomic E-state index is 12.4. The van der Waals surface area contributed by atoms with Gasteiger partial charge in [-0.15, -0.1) is 11.8 Å². The zero-order valence-electron chi connectivity index (χ0n) is 26.8. The van der Waals surface area contributed by atoms with Gasteiger partial charge in [-0.05, 0) is 60.0 Å². The Labute approximate surface area is 289 Å². The molecule has 1 atom stereocenters. The molecule has 4 aromatic carbocycles. The highest BCUT2D eigenvalue weighted by atomic mass is 35.5. The quantitative estimate of drug-likeness (QED) is 0.128. The van der Waals surface area contributed by atoms with Gasteiger partial charge in [0.25, 0.3) is 0 Å². The normalized spacial score (nSPS) is 13.8. The molecule has 1 unspecified atom stereocenters. The van der Waals surface area contributed by atoms with Crippen LogP contribution in [-0.2, 0) is 30.7 Å². The minimum absolute atomic E-state index is 0.361. The lowest BCUT2D eigenvalue weighted by atomic mass is 10.0. The highest BCUT2D eigenvalue weighted by Gasteiger charge is 2.29. The molecular formula is C40H35ClN2O4S. The Hall–Kier alpha value is -4.72. The molecule has 3 heterocycles. The van der Waals surface area contributed by atoms with Gasteiger partial charge in [-0.1, -0.05) is 79.2 Å². The summed E-state index contributed by atoms with van der Waals surface area (Å²) in [5.41, 5.74) is 8.26. The van der Waals surface area contributed by atoms with E-state index in [0.717, 1.165) is 40.1 Å². The first-order chi connectivity index (χ1) is 23.5. The molecule has 0 saturated heterocycles. The number of aromatic nitrogens is 2. The summed E-state index contributed by atoms with van der Waals surface area (Å²) in [6.45, 7) is 3.74. The van der Waals surface area contributed by atoms with Crippen LogP contribution in [0.3, 0.4) is 0 Å². The van der Waals surface area contributed by atoms with Crippen molar-refractivity contribution in [2.75, 3.05) is 13.7 Å². The summed E-state index contributed by atoms with van der Waals surface area (Å²) in [5, 5.41) is 2.31. The summed E-state index contributed by atoms with van der Waals surface area (Å²) >= 11 is 8.14. The summed E-state index contributed by atoms with van der Waals surface area (Å²) in [5.74, 6) is 0.992. The number of pyridine rings is 1. The third-order valence-corrected chi connectivity index (χ3v) is 10.1. The minimum Gasteiger partial charge on any atom is -0.492 e. The Kier molecular flexibility index (Phi) is 9.41. The number of rotatable bonds is 11. The Balaban J connectivity index is 1.20. The first-order valence-electron chi connectivity index (χ1n) is 16.0. The van der Waals surface area contributed by atoms with Crippen molar-refractivity contribution in [1.29, 1.82) is 0 Å². The van der Waals surface area contributed by atoms with Gasteiger partial charge in [0, 0.05) is 56.5 Å². The highest BCUT2D eigenvalue weighted by Crippen LogP contribution is 2.47. The number of methoxy groups -OCH3 is 1. The van der Waals surface area contributed by atoms with Crippen LogP contribution < -0.4 is 9.47 Å². The van der Waals surface area contributed by atoms with Gasteiger partial charge < -0.3 is 18.8 Å². The van der Waals surface area contributed by atoms with E-state index < -0.39 is 5.97 Å². The second-order valence-electron chi connectivity index (χ2n) is 11.8. The minimum atomic E-state index is -0.415. The predicted molar refractivity (Wildman–Crippen MR) is 193 cm³/mol. The lowest BCUT2D eigenvalue weighted by molar-refractivity contribution is 0.0596. The third kappa shape index (κ3) is 6.66. The molecule has 0 bridgehead atoms. The fraction of sp³-hybridized carbons (Fsp3) is 0.200. The number of carbonyl (C=O) groups excluding carboxylic acids is 1. The van der Waals surface area contributed by atoms with Crippen molar-refractivity contribution >= 4 is 40.2 Å². The van der Waals surface area contributed by atoms with Crippen LogP contribution in [0, 0.1) is 0 Å². The van der Waals surface area contributed by atoms with Crippen LogP contribution in [0.5, 0.6) is 11.5 Å². The molecule has 2 aromatic heterocycles. The van der Waals surface area contributed by atoms with E-state index in [-0.39, 0.29) is 0 Å². The Morgan fingerprint density at radius 1 is 0.896 bits per heavy atom. The predicted octanol–water partition coefficient (Wildman–Crippen LogP) is 9.43. The van der Waals surface area contributed by atoms with Gasteiger partial charge in [-0.25, -0.2) is 4.79 Å². The number of carbonyl (C=O) groups is 1. The first kappa shape index (κ1) is 31.9. The van der Waals surface area contributed by atoms with Crippen LogP contribution >= 0.6 is 23.4 Å². The van der Waals surface area contributed by atoms with Crippen molar-refractivity contribution in [2.24, 2.45) is 0 Å². The molecule has 0 radical (unpaired) electrons. The van der Waals surface area contributed by atoms with E-state index in [4.69, 9.17) is 30.8 Å². The molecule has 1 aliphatic heterocycles. The number of hydrogen-bond donors (Lipinski definition) is 0. The number of ether oxygens (including phenoxy) is 3. The maximum Gasteiger partial charge on any atom is 0.341 e. The van der Waals surface area contributed by atoms with Crippen molar-refractivity contribution < 1.29 is 19.0 Å². The van der Waals surface area contributed by atoms with Crippen LogP contribution in [0.4, 0.5) is 0 Å². The molecule has 0 amide bonds. The topological polar surface area (TPSA) is 62.6 Å². The molecule has 1 aliphatic rings. The average Bonchev–Trinajstić information content (AvgIpc) is 3.41. The number of esters is 1. The SMILES string of the molecule is COC(=O)c1ccccc1OCCc1c2c3c(c(OCc4ccc(-c5ccccc5)cn4)ccc3n1Cc1ccc(Cl)cc1)CC(C)S2. The van der Waals surface area contributed by atoms with Gasteiger partial charge in [0.05, 0.1) is 24.9 Å². The monoisotopic (exact) mass is 674 g/mol. The number of halogens is 1. The van der Waals surface area contributed by atoms with Crippen molar-refractivity contribution in [2.45, 2.75) is 43.1 Å². The summed E-state index contributed by atoms with van der Waals surface area (Å²) in [7, 11) is 1.38. The standard InChI is InChI=1S/C40H35ClN2O4S/c1-26-22-33-37(47-25-31-17-14-29(23-42-31)28-8-4-3-5-9-28)19-18-34-38(33)39(48-26)35(43(34)24-27-12-15-30(41)16-13-27)20-21-46-36-11-7-6-10-32(36)40(44)45-2/h3-19,23,26H,20-22,24-25H2,1-2H3. The van der Waals surface area contributed by atoms with Gasteiger partial charge in [0.1, 0.15) is 23.7 Å². The number of para-hydroxylation sites is 1. The Morgan fingerprint density at radius 2 is 1.69 bits per heavy atom. The van der Waals surface area contributed by atoms with Crippen molar-refractivity contribution in [3.05, 3.63) is 142 Å². The highest BCUT2D eigenvalue weighted by molar-refractivity contribution is 8.00. The van der Waals surface area contributed by atoms with Crippen LogP contribution in [0.2, 0.25) is 5.02 Å². The van der Waals surface area contributed by atoms with Crippen molar-refractivity contribution in [3.8, 4) is 22.6 Å². The molecule has 6 nitrogen and oxygen atoms in total. The fourth-order valence-electron chi connectivity index (χ4n) is 6.30.